The number of aromatic nitrogens is 2. The highest BCUT2D eigenvalue weighted by Crippen LogP contribution is 2.30. The molecule has 1 aliphatic rings. The maximum absolute atomic E-state index is 13.6. The standard InChI is InChI=1S/C24H29FN4O2S/c1-16-20-22(26-19-7-5-4-6-12-29(19)23(20)30)32-21(16)24(31)28(14-13-27(2)3)15-17-8-10-18(25)11-9-17/h8-11H,4-7,12-15H2,1-3H3. The smallest absolute Gasteiger partial charge is 0.264 e. The van der Waals surface area contributed by atoms with Gasteiger partial charge in [-0.25, -0.2) is 9.37 Å². The van der Waals surface area contributed by atoms with Gasteiger partial charge in [-0.15, -0.1) is 11.3 Å². The van der Waals surface area contributed by atoms with Crippen molar-refractivity contribution in [1.82, 2.24) is 19.4 Å². The van der Waals surface area contributed by atoms with E-state index >= 15 is 0 Å². The van der Waals surface area contributed by atoms with Crippen LogP contribution >= 0.6 is 11.3 Å². The highest BCUT2D eigenvalue weighted by atomic mass is 32.1. The van der Waals surface area contributed by atoms with E-state index in [-0.39, 0.29) is 17.3 Å². The Kier molecular flexibility index (Phi) is 6.71. The van der Waals surface area contributed by atoms with Crippen LogP contribution in [0.5, 0.6) is 0 Å². The van der Waals surface area contributed by atoms with E-state index in [0.29, 0.717) is 46.8 Å². The third kappa shape index (κ3) is 4.61. The molecular weight excluding hydrogens is 427 g/mol. The Bertz CT molecular complexity index is 1180. The van der Waals surface area contributed by atoms with E-state index in [1.807, 2.05) is 25.9 Å². The summed E-state index contributed by atoms with van der Waals surface area (Å²) >= 11 is 1.31. The van der Waals surface area contributed by atoms with Crippen LogP contribution in [0.15, 0.2) is 29.1 Å². The second kappa shape index (κ2) is 9.50. The first-order valence-corrected chi connectivity index (χ1v) is 11.9. The minimum atomic E-state index is -0.299. The maximum atomic E-state index is 13.6. The summed E-state index contributed by atoms with van der Waals surface area (Å²) in [6, 6.07) is 6.22. The van der Waals surface area contributed by atoms with E-state index in [4.69, 9.17) is 4.98 Å². The Morgan fingerprint density at radius 2 is 1.91 bits per heavy atom. The molecule has 32 heavy (non-hydrogen) atoms. The quantitative estimate of drug-likeness (QED) is 0.566. The molecule has 1 aliphatic heterocycles. The molecule has 3 aromatic rings. The van der Waals surface area contributed by atoms with Gasteiger partial charge in [-0.1, -0.05) is 18.6 Å². The van der Waals surface area contributed by atoms with Gasteiger partial charge in [0.05, 0.1) is 10.3 Å². The lowest BCUT2D eigenvalue weighted by atomic mass is 10.1. The highest BCUT2D eigenvalue weighted by Gasteiger charge is 2.25. The van der Waals surface area contributed by atoms with Crippen LogP contribution in [0.1, 0.15) is 45.9 Å². The van der Waals surface area contributed by atoms with Gasteiger partial charge in [-0.3, -0.25) is 14.2 Å². The average Bonchev–Trinajstić information content (AvgIpc) is 2.93. The molecular formula is C24H29FN4O2S. The fourth-order valence-corrected chi connectivity index (χ4v) is 5.30. The predicted octanol–water partition coefficient (Wildman–Crippen LogP) is 3.84. The van der Waals surface area contributed by atoms with E-state index in [1.165, 1.54) is 23.5 Å². The number of hydrogen-bond acceptors (Lipinski definition) is 5. The van der Waals surface area contributed by atoms with Gasteiger partial charge >= 0.3 is 0 Å². The lowest BCUT2D eigenvalue weighted by molar-refractivity contribution is 0.0736. The molecule has 8 heteroatoms. The second-order valence-electron chi connectivity index (χ2n) is 8.69. The van der Waals surface area contributed by atoms with Gasteiger partial charge in [0, 0.05) is 32.6 Å². The van der Waals surface area contributed by atoms with Crippen molar-refractivity contribution in [1.29, 1.82) is 0 Å². The van der Waals surface area contributed by atoms with Gasteiger partial charge in [0.15, 0.2) is 0 Å². The van der Waals surface area contributed by atoms with Crippen LogP contribution in [0.25, 0.3) is 10.2 Å². The van der Waals surface area contributed by atoms with Crippen LogP contribution in [-0.2, 0) is 19.5 Å². The van der Waals surface area contributed by atoms with Gasteiger partial charge in [0.25, 0.3) is 11.5 Å². The molecule has 2 aromatic heterocycles. The fraction of sp³-hybridized carbons (Fsp3) is 0.458. The number of amides is 1. The van der Waals surface area contributed by atoms with Crippen molar-refractivity contribution in [3.8, 4) is 0 Å². The molecule has 1 aromatic carbocycles. The Hall–Kier alpha value is -2.58. The molecule has 0 N–H and O–H groups in total. The summed E-state index contributed by atoms with van der Waals surface area (Å²) in [6.07, 6.45) is 3.91. The first-order valence-electron chi connectivity index (χ1n) is 11.1. The minimum absolute atomic E-state index is 0.0296. The van der Waals surface area contributed by atoms with Crippen molar-refractivity contribution in [2.24, 2.45) is 0 Å². The molecule has 0 atom stereocenters. The second-order valence-corrected chi connectivity index (χ2v) is 9.69. The number of hydrogen-bond donors (Lipinski definition) is 0. The van der Waals surface area contributed by atoms with E-state index < -0.39 is 0 Å². The largest absolute Gasteiger partial charge is 0.332 e. The first kappa shape index (κ1) is 22.6. The number of nitrogens with zero attached hydrogens (tertiary/aromatic N) is 4. The third-order valence-electron chi connectivity index (χ3n) is 6.00. The van der Waals surface area contributed by atoms with Crippen molar-refractivity contribution in [3.63, 3.8) is 0 Å². The molecule has 3 heterocycles. The summed E-state index contributed by atoms with van der Waals surface area (Å²) in [5, 5.41) is 0.568. The molecule has 0 radical (unpaired) electrons. The summed E-state index contributed by atoms with van der Waals surface area (Å²) < 4.78 is 15.1. The zero-order chi connectivity index (χ0) is 22.8. The summed E-state index contributed by atoms with van der Waals surface area (Å²) in [4.78, 5) is 36.7. The monoisotopic (exact) mass is 456 g/mol. The number of rotatable bonds is 6. The van der Waals surface area contributed by atoms with Crippen molar-refractivity contribution < 1.29 is 9.18 Å². The van der Waals surface area contributed by atoms with Gasteiger partial charge in [-0.05, 0) is 57.1 Å². The molecule has 0 bridgehead atoms. The Labute approximate surface area is 191 Å². The third-order valence-corrected chi connectivity index (χ3v) is 7.17. The van der Waals surface area contributed by atoms with E-state index in [9.17, 15) is 14.0 Å². The predicted molar refractivity (Wildman–Crippen MR) is 126 cm³/mol. The molecule has 0 aliphatic carbocycles. The van der Waals surface area contributed by atoms with Crippen LogP contribution in [0.3, 0.4) is 0 Å². The van der Waals surface area contributed by atoms with Crippen LogP contribution in [0, 0.1) is 12.7 Å². The number of halogens is 1. The SMILES string of the molecule is Cc1c(C(=O)N(CCN(C)C)Cc2ccc(F)cc2)sc2nc3n(c(=O)c12)CCCCC3. The fourth-order valence-electron chi connectivity index (χ4n) is 4.14. The normalized spacial score (nSPS) is 13.9. The first-order chi connectivity index (χ1) is 15.3. The number of fused-ring (bicyclic) bond motifs is 2. The highest BCUT2D eigenvalue weighted by molar-refractivity contribution is 7.20. The molecule has 0 unspecified atom stereocenters. The molecule has 0 fully saturated rings. The summed E-state index contributed by atoms with van der Waals surface area (Å²) in [5.74, 6) is 0.416. The summed E-state index contributed by atoms with van der Waals surface area (Å²) in [5.41, 5.74) is 1.54. The average molecular weight is 457 g/mol. The van der Waals surface area contributed by atoms with Crippen LogP contribution < -0.4 is 5.56 Å². The minimum Gasteiger partial charge on any atom is -0.332 e. The van der Waals surface area contributed by atoms with Gasteiger partial charge in [0.1, 0.15) is 16.5 Å². The number of carbonyl (C=O) groups is 1. The lowest BCUT2D eigenvalue weighted by Gasteiger charge is -2.24. The maximum Gasteiger partial charge on any atom is 0.264 e. The number of benzene rings is 1. The lowest BCUT2D eigenvalue weighted by Crippen LogP contribution is -2.36. The topological polar surface area (TPSA) is 58.4 Å². The van der Waals surface area contributed by atoms with E-state index in [1.54, 1.807) is 21.6 Å². The van der Waals surface area contributed by atoms with Crippen molar-refractivity contribution in [2.75, 3.05) is 27.2 Å². The number of carbonyl (C=O) groups excluding carboxylic acids is 1. The summed E-state index contributed by atoms with van der Waals surface area (Å²) in [6.45, 7) is 4.14. The number of aryl methyl sites for hydroxylation is 2. The van der Waals surface area contributed by atoms with Crippen molar-refractivity contribution >= 4 is 27.5 Å². The molecule has 170 valence electrons. The van der Waals surface area contributed by atoms with Gasteiger partial charge < -0.3 is 9.80 Å². The van der Waals surface area contributed by atoms with Gasteiger partial charge in [-0.2, -0.15) is 0 Å². The summed E-state index contributed by atoms with van der Waals surface area (Å²) in [7, 11) is 3.92. The Morgan fingerprint density at radius 3 is 2.62 bits per heavy atom. The molecule has 0 saturated carbocycles. The van der Waals surface area contributed by atoms with Crippen LogP contribution in [0.2, 0.25) is 0 Å². The Morgan fingerprint density at radius 1 is 1.16 bits per heavy atom. The Balaban J connectivity index is 1.71. The zero-order valence-corrected chi connectivity index (χ0v) is 19.7. The molecule has 1 amide bonds. The molecule has 0 saturated heterocycles. The van der Waals surface area contributed by atoms with Crippen molar-refractivity contribution in [3.05, 3.63) is 62.3 Å². The molecule has 0 spiro atoms. The molecule has 6 nitrogen and oxygen atoms in total. The van der Waals surface area contributed by atoms with E-state index in [0.717, 1.165) is 37.1 Å². The zero-order valence-electron chi connectivity index (χ0n) is 18.9. The number of thiophene rings is 1. The molecule has 4 rings (SSSR count). The van der Waals surface area contributed by atoms with Gasteiger partial charge in [0.2, 0.25) is 0 Å². The van der Waals surface area contributed by atoms with Crippen LogP contribution in [0.4, 0.5) is 4.39 Å². The van der Waals surface area contributed by atoms with E-state index in [2.05, 4.69) is 0 Å². The number of likely N-dealkylation sites (N-methyl/N-ethyl adjacent to an activating group) is 1. The van der Waals surface area contributed by atoms with Crippen molar-refractivity contribution in [2.45, 2.75) is 45.7 Å². The van der Waals surface area contributed by atoms with Crippen LogP contribution in [-0.4, -0.2) is 52.4 Å².